The lowest BCUT2D eigenvalue weighted by Gasteiger charge is -2.29. The van der Waals surface area contributed by atoms with Gasteiger partial charge in [0.2, 0.25) is 10.0 Å². The molecule has 7 heteroatoms. The van der Waals surface area contributed by atoms with Gasteiger partial charge in [0, 0.05) is 12.4 Å². The van der Waals surface area contributed by atoms with E-state index in [-0.39, 0.29) is 13.2 Å². The van der Waals surface area contributed by atoms with Gasteiger partial charge in [0.05, 0.1) is 24.5 Å². The van der Waals surface area contributed by atoms with Crippen LogP contribution in [-0.2, 0) is 20.4 Å². The van der Waals surface area contributed by atoms with Gasteiger partial charge in [-0.15, -0.1) is 0 Å². The summed E-state index contributed by atoms with van der Waals surface area (Å²) in [7, 11) is -3.51. The molecule has 2 N–H and O–H groups in total. The van der Waals surface area contributed by atoms with E-state index >= 15 is 0 Å². The molecule has 0 spiro atoms. The molecule has 25 heavy (non-hydrogen) atoms. The van der Waals surface area contributed by atoms with Crippen LogP contribution in [0.5, 0.6) is 0 Å². The first-order valence-corrected chi connectivity index (χ1v) is 9.70. The number of rotatable bonds is 5. The zero-order chi connectivity index (χ0) is 18.1. The lowest BCUT2D eigenvalue weighted by molar-refractivity contribution is 0.0121. The third kappa shape index (κ3) is 3.59. The molecule has 1 aliphatic heterocycles. The Morgan fingerprint density at radius 3 is 2.56 bits per heavy atom. The van der Waals surface area contributed by atoms with E-state index in [9.17, 15) is 13.5 Å². The van der Waals surface area contributed by atoms with E-state index in [4.69, 9.17) is 4.74 Å². The van der Waals surface area contributed by atoms with Crippen molar-refractivity contribution in [3.63, 3.8) is 0 Å². The fourth-order valence-corrected chi connectivity index (χ4v) is 3.74. The Hall–Kier alpha value is -1.80. The minimum absolute atomic E-state index is 0.0462. The monoisotopic (exact) mass is 362 g/mol. The molecule has 6 nitrogen and oxygen atoms in total. The van der Waals surface area contributed by atoms with E-state index in [0.29, 0.717) is 5.56 Å². The molecule has 2 atom stereocenters. The molecule has 0 aliphatic carbocycles. The highest BCUT2D eigenvalue weighted by Crippen LogP contribution is 2.32. The Kier molecular flexibility index (Phi) is 4.92. The van der Waals surface area contributed by atoms with Crippen molar-refractivity contribution in [1.29, 1.82) is 0 Å². The van der Waals surface area contributed by atoms with Crippen LogP contribution in [0.3, 0.4) is 0 Å². The molecule has 2 aromatic rings. The van der Waals surface area contributed by atoms with Crippen molar-refractivity contribution >= 4 is 10.0 Å². The fraction of sp³-hybridized carbons (Fsp3) is 0.389. The molecule has 1 aromatic heterocycles. The van der Waals surface area contributed by atoms with Crippen molar-refractivity contribution in [2.75, 3.05) is 13.2 Å². The van der Waals surface area contributed by atoms with Crippen LogP contribution in [0.2, 0.25) is 0 Å². The predicted octanol–water partition coefficient (Wildman–Crippen LogP) is 1.66. The number of aromatic nitrogens is 1. The number of hydrogen-bond donors (Lipinski definition) is 2. The van der Waals surface area contributed by atoms with Crippen LogP contribution in [-0.4, -0.2) is 43.0 Å². The van der Waals surface area contributed by atoms with Crippen molar-refractivity contribution < 1.29 is 18.3 Å². The van der Waals surface area contributed by atoms with Gasteiger partial charge in [-0.25, -0.2) is 13.1 Å². The van der Waals surface area contributed by atoms with Crippen LogP contribution >= 0.6 is 0 Å². The van der Waals surface area contributed by atoms with Crippen LogP contribution in [0.1, 0.15) is 19.4 Å². The zero-order valence-electron chi connectivity index (χ0n) is 14.2. The molecule has 2 unspecified atom stereocenters. The summed E-state index contributed by atoms with van der Waals surface area (Å²) in [6, 6.07) is 10.5. The number of pyridine rings is 1. The predicted molar refractivity (Wildman–Crippen MR) is 95.4 cm³/mol. The van der Waals surface area contributed by atoms with Gasteiger partial charge in [-0.05, 0) is 36.6 Å². The maximum atomic E-state index is 12.2. The Morgan fingerprint density at radius 2 is 1.96 bits per heavy atom. The van der Waals surface area contributed by atoms with Gasteiger partial charge >= 0.3 is 0 Å². The SMILES string of the molecule is CC(C)S(=O)(=O)NC1COCC1(O)c1ccc(-c2cccnc2)cc1. The highest BCUT2D eigenvalue weighted by atomic mass is 32.2. The molecule has 134 valence electrons. The molecule has 1 aliphatic rings. The third-order valence-corrected chi connectivity index (χ3v) is 6.34. The van der Waals surface area contributed by atoms with Crippen molar-refractivity contribution in [3.05, 3.63) is 54.4 Å². The quantitative estimate of drug-likeness (QED) is 0.845. The number of aliphatic hydroxyl groups is 1. The van der Waals surface area contributed by atoms with Crippen LogP contribution < -0.4 is 4.72 Å². The number of benzene rings is 1. The lowest BCUT2D eigenvalue weighted by Crippen LogP contribution is -2.51. The van der Waals surface area contributed by atoms with E-state index in [1.807, 2.05) is 24.3 Å². The van der Waals surface area contributed by atoms with Gasteiger partial charge in [0.1, 0.15) is 5.60 Å². The Morgan fingerprint density at radius 1 is 1.24 bits per heavy atom. The van der Waals surface area contributed by atoms with E-state index in [1.54, 1.807) is 38.4 Å². The van der Waals surface area contributed by atoms with Gasteiger partial charge in [0.25, 0.3) is 0 Å². The fourth-order valence-electron chi connectivity index (χ4n) is 2.81. The van der Waals surface area contributed by atoms with Crippen LogP contribution in [0.15, 0.2) is 48.8 Å². The summed E-state index contributed by atoms with van der Waals surface area (Å²) in [5, 5.41) is 10.5. The molecular weight excluding hydrogens is 340 g/mol. The number of sulfonamides is 1. The normalized spacial score (nSPS) is 23.9. The van der Waals surface area contributed by atoms with Crippen molar-refractivity contribution in [2.24, 2.45) is 0 Å². The minimum Gasteiger partial charge on any atom is -0.381 e. The summed E-state index contributed by atoms with van der Waals surface area (Å²) in [6.45, 7) is 3.37. The molecule has 0 amide bonds. The average Bonchev–Trinajstić information content (AvgIpc) is 2.97. The summed E-state index contributed by atoms with van der Waals surface area (Å²) >= 11 is 0. The van der Waals surface area contributed by atoms with Crippen LogP contribution in [0.4, 0.5) is 0 Å². The second kappa shape index (κ2) is 6.84. The summed E-state index contributed by atoms with van der Waals surface area (Å²) in [5.41, 5.74) is 1.17. The van der Waals surface area contributed by atoms with E-state index in [2.05, 4.69) is 9.71 Å². The van der Waals surface area contributed by atoms with Crippen molar-refractivity contribution in [3.8, 4) is 11.1 Å². The number of ether oxygens (including phenoxy) is 1. The van der Waals surface area contributed by atoms with Gasteiger partial charge in [-0.3, -0.25) is 4.98 Å². The average molecular weight is 362 g/mol. The molecular formula is C18H22N2O4S. The van der Waals surface area contributed by atoms with E-state index in [0.717, 1.165) is 11.1 Å². The topological polar surface area (TPSA) is 88.5 Å². The van der Waals surface area contributed by atoms with Crippen molar-refractivity contribution in [1.82, 2.24) is 9.71 Å². The smallest absolute Gasteiger partial charge is 0.214 e. The summed E-state index contributed by atoms with van der Waals surface area (Å²) < 4.78 is 32.3. The Balaban J connectivity index is 1.86. The molecule has 1 aromatic carbocycles. The van der Waals surface area contributed by atoms with Crippen LogP contribution in [0, 0.1) is 0 Å². The first kappa shape index (κ1) is 18.0. The minimum atomic E-state index is -3.51. The van der Waals surface area contributed by atoms with E-state index in [1.165, 1.54) is 0 Å². The van der Waals surface area contributed by atoms with E-state index < -0.39 is 26.9 Å². The Labute approximate surface area is 147 Å². The summed E-state index contributed by atoms with van der Waals surface area (Å²) in [6.07, 6.45) is 3.48. The number of nitrogens with zero attached hydrogens (tertiary/aromatic N) is 1. The van der Waals surface area contributed by atoms with Crippen LogP contribution in [0.25, 0.3) is 11.1 Å². The second-order valence-electron chi connectivity index (χ2n) is 6.52. The first-order valence-electron chi connectivity index (χ1n) is 8.15. The first-order chi connectivity index (χ1) is 11.8. The van der Waals surface area contributed by atoms with Crippen molar-refractivity contribution in [2.45, 2.75) is 30.7 Å². The molecule has 2 heterocycles. The maximum Gasteiger partial charge on any atom is 0.214 e. The largest absolute Gasteiger partial charge is 0.381 e. The highest BCUT2D eigenvalue weighted by molar-refractivity contribution is 7.90. The highest BCUT2D eigenvalue weighted by Gasteiger charge is 2.46. The molecule has 1 saturated heterocycles. The molecule has 0 bridgehead atoms. The van der Waals surface area contributed by atoms with Gasteiger partial charge < -0.3 is 9.84 Å². The summed E-state index contributed by atoms with van der Waals surface area (Å²) in [4.78, 5) is 4.10. The second-order valence-corrected chi connectivity index (χ2v) is 8.79. The zero-order valence-corrected chi connectivity index (χ0v) is 15.0. The molecule has 3 rings (SSSR count). The molecule has 1 fully saturated rings. The maximum absolute atomic E-state index is 12.2. The van der Waals surface area contributed by atoms with Gasteiger partial charge in [0.15, 0.2) is 0 Å². The number of hydrogen-bond acceptors (Lipinski definition) is 5. The molecule has 0 radical (unpaired) electrons. The standard InChI is InChI=1S/C18H22N2O4S/c1-13(2)25(22,23)20-17-11-24-12-18(17,21)16-7-5-14(6-8-16)15-4-3-9-19-10-15/h3-10,13,17,20-21H,11-12H2,1-2H3. The Bertz CT molecular complexity index is 822. The lowest BCUT2D eigenvalue weighted by atomic mass is 9.88. The van der Waals surface area contributed by atoms with Gasteiger partial charge in [-0.2, -0.15) is 0 Å². The van der Waals surface area contributed by atoms with Gasteiger partial charge in [-0.1, -0.05) is 30.3 Å². The number of nitrogens with one attached hydrogen (secondary N) is 1. The molecule has 0 saturated carbocycles. The summed E-state index contributed by atoms with van der Waals surface area (Å²) in [5.74, 6) is 0. The third-order valence-electron chi connectivity index (χ3n) is 4.49.